The Kier molecular flexibility index (Phi) is 6.56. The molecule has 1 N–H and O–H groups in total. The van der Waals surface area contributed by atoms with Crippen LogP contribution < -0.4 is 10.1 Å². The van der Waals surface area contributed by atoms with Crippen molar-refractivity contribution in [3.63, 3.8) is 0 Å². The van der Waals surface area contributed by atoms with Crippen LogP contribution in [0, 0.1) is 11.8 Å². The first-order valence-electron chi connectivity index (χ1n) is 8.64. The molecule has 2 heteroatoms. The normalized spacial score (nSPS) is 17.3. The highest BCUT2D eigenvalue weighted by Gasteiger charge is 2.26. The molecule has 1 aliphatic rings. The van der Waals surface area contributed by atoms with Gasteiger partial charge in [-0.1, -0.05) is 38.8 Å². The van der Waals surface area contributed by atoms with Gasteiger partial charge in [0.2, 0.25) is 0 Å². The van der Waals surface area contributed by atoms with E-state index in [9.17, 15) is 0 Å². The van der Waals surface area contributed by atoms with E-state index in [0.717, 1.165) is 37.3 Å². The van der Waals surface area contributed by atoms with Crippen LogP contribution in [0.25, 0.3) is 0 Å². The maximum Gasteiger partial charge on any atom is 0.119 e. The van der Waals surface area contributed by atoms with Crippen molar-refractivity contribution in [2.75, 3.05) is 19.7 Å². The van der Waals surface area contributed by atoms with Crippen LogP contribution in [0.2, 0.25) is 0 Å². The molecule has 118 valence electrons. The zero-order chi connectivity index (χ0) is 15.1. The summed E-state index contributed by atoms with van der Waals surface area (Å²) in [5.74, 6) is 3.21. The summed E-state index contributed by atoms with van der Waals surface area (Å²) in [6.07, 6.45) is 5.59. The summed E-state index contributed by atoms with van der Waals surface area (Å²) in [4.78, 5) is 0. The molecular formula is C19H31NO. The first kappa shape index (κ1) is 16.4. The number of benzene rings is 1. The van der Waals surface area contributed by atoms with E-state index in [4.69, 9.17) is 4.74 Å². The van der Waals surface area contributed by atoms with Gasteiger partial charge in [-0.05, 0) is 61.8 Å². The number of hydrogen-bond donors (Lipinski definition) is 1. The summed E-state index contributed by atoms with van der Waals surface area (Å²) < 4.78 is 5.56. The molecule has 0 radical (unpaired) electrons. The molecule has 0 bridgehead atoms. The van der Waals surface area contributed by atoms with Gasteiger partial charge in [0, 0.05) is 6.54 Å². The lowest BCUT2D eigenvalue weighted by atomic mass is 9.84. The molecule has 0 heterocycles. The van der Waals surface area contributed by atoms with Crippen LogP contribution in [-0.4, -0.2) is 19.7 Å². The van der Waals surface area contributed by atoms with Crippen molar-refractivity contribution in [3.05, 3.63) is 29.8 Å². The van der Waals surface area contributed by atoms with Gasteiger partial charge in [0.25, 0.3) is 0 Å². The molecule has 0 amide bonds. The Morgan fingerprint density at radius 1 is 1.10 bits per heavy atom. The van der Waals surface area contributed by atoms with Crippen LogP contribution in [0.15, 0.2) is 24.3 Å². The molecule has 1 saturated carbocycles. The SMILES string of the molecule is CCOc1ccc(C(CNCC(C)C)C2CCCC2)cc1. The van der Waals surface area contributed by atoms with Crippen molar-refractivity contribution in [1.29, 1.82) is 0 Å². The van der Waals surface area contributed by atoms with E-state index in [1.54, 1.807) is 0 Å². The van der Waals surface area contributed by atoms with E-state index in [1.165, 1.54) is 31.2 Å². The van der Waals surface area contributed by atoms with E-state index in [-0.39, 0.29) is 0 Å². The van der Waals surface area contributed by atoms with Crippen LogP contribution in [0.4, 0.5) is 0 Å². The molecule has 1 unspecified atom stereocenters. The van der Waals surface area contributed by atoms with Crippen molar-refractivity contribution >= 4 is 0 Å². The van der Waals surface area contributed by atoms with Gasteiger partial charge < -0.3 is 10.1 Å². The van der Waals surface area contributed by atoms with Gasteiger partial charge in [-0.2, -0.15) is 0 Å². The largest absolute Gasteiger partial charge is 0.494 e. The molecule has 0 aromatic heterocycles. The maximum absolute atomic E-state index is 5.56. The van der Waals surface area contributed by atoms with Crippen molar-refractivity contribution in [2.45, 2.75) is 52.4 Å². The monoisotopic (exact) mass is 289 g/mol. The lowest BCUT2D eigenvalue weighted by molar-refractivity contribution is 0.339. The second-order valence-corrected chi connectivity index (χ2v) is 6.71. The van der Waals surface area contributed by atoms with Gasteiger partial charge in [-0.25, -0.2) is 0 Å². The second kappa shape index (κ2) is 8.43. The highest BCUT2D eigenvalue weighted by atomic mass is 16.5. The molecule has 1 aromatic rings. The Morgan fingerprint density at radius 2 is 1.76 bits per heavy atom. The van der Waals surface area contributed by atoms with Crippen molar-refractivity contribution in [2.24, 2.45) is 11.8 Å². The predicted molar refractivity (Wildman–Crippen MR) is 90.0 cm³/mol. The minimum Gasteiger partial charge on any atom is -0.494 e. The van der Waals surface area contributed by atoms with Crippen LogP contribution in [0.3, 0.4) is 0 Å². The van der Waals surface area contributed by atoms with Crippen molar-refractivity contribution < 1.29 is 4.74 Å². The molecule has 1 atom stereocenters. The molecule has 1 fully saturated rings. The third-order valence-corrected chi connectivity index (χ3v) is 4.50. The number of ether oxygens (including phenoxy) is 1. The topological polar surface area (TPSA) is 21.3 Å². The molecule has 1 aromatic carbocycles. The van der Waals surface area contributed by atoms with Gasteiger partial charge in [-0.3, -0.25) is 0 Å². The molecular weight excluding hydrogens is 258 g/mol. The summed E-state index contributed by atoms with van der Waals surface area (Å²) >= 11 is 0. The first-order chi connectivity index (χ1) is 10.2. The summed E-state index contributed by atoms with van der Waals surface area (Å²) in [7, 11) is 0. The first-order valence-corrected chi connectivity index (χ1v) is 8.64. The van der Waals surface area contributed by atoms with Crippen LogP contribution in [-0.2, 0) is 0 Å². The fourth-order valence-corrected chi connectivity index (χ4v) is 3.42. The summed E-state index contributed by atoms with van der Waals surface area (Å²) in [6.45, 7) is 9.53. The maximum atomic E-state index is 5.56. The Morgan fingerprint density at radius 3 is 2.33 bits per heavy atom. The smallest absolute Gasteiger partial charge is 0.119 e. The zero-order valence-corrected chi connectivity index (χ0v) is 13.9. The Balaban J connectivity index is 2.02. The molecule has 0 aliphatic heterocycles. The lowest BCUT2D eigenvalue weighted by Gasteiger charge is -2.25. The van der Waals surface area contributed by atoms with E-state index >= 15 is 0 Å². The zero-order valence-electron chi connectivity index (χ0n) is 13.9. The number of nitrogens with one attached hydrogen (secondary N) is 1. The molecule has 0 saturated heterocycles. The highest BCUT2D eigenvalue weighted by molar-refractivity contribution is 5.30. The minimum absolute atomic E-state index is 0.655. The lowest BCUT2D eigenvalue weighted by Crippen LogP contribution is -2.28. The van der Waals surface area contributed by atoms with Gasteiger partial charge >= 0.3 is 0 Å². The van der Waals surface area contributed by atoms with Gasteiger partial charge in [0.15, 0.2) is 0 Å². The quantitative estimate of drug-likeness (QED) is 0.755. The van der Waals surface area contributed by atoms with Gasteiger partial charge in [0.05, 0.1) is 6.61 Å². The third kappa shape index (κ3) is 5.03. The fraction of sp³-hybridized carbons (Fsp3) is 0.684. The Bertz CT molecular complexity index is 393. The Labute approximate surface area is 130 Å². The van der Waals surface area contributed by atoms with E-state index < -0.39 is 0 Å². The molecule has 1 aliphatic carbocycles. The molecule has 2 nitrogen and oxygen atoms in total. The average Bonchev–Trinajstić information content (AvgIpc) is 2.99. The van der Waals surface area contributed by atoms with Gasteiger partial charge in [0.1, 0.15) is 5.75 Å². The van der Waals surface area contributed by atoms with E-state index in [2.05, 4.69) is 43.4 Å². The van der Waals surface area contributed by atoms with Crippen LogP contribution in [0.5, 0.6) is 5.75 Å². The number of rotatable bonds is 8. The third-order valence-electron chi connectivity index (χ3n) is 4.50. The van der Waals surface area contributed by atoms with Crippen molar-refractivity contribution in [3.8, 4) is 5.75 Å². The fourth-order valence-electron chi connectivity index (χ4n) is 3.42. The average molecular weight is 289 g/mol. The molecule has 0 spiro atoms. The summed E-state index contributed by atoms with van der Waals surface area (Å²) in [5, 5.41) is 3.67. The standard InChI is InChI=1S/C19H31NO/c1-4-21-18-11-9-17(10-12-18)19(14-20-13-15(2)3)16-7-5-6-8-16/h9-12,15-16,19-20H,4-8,13-14H2,1-3H3. The van der Waals surface area contributed by atoms with Crippen LogP contribution in [0.1, 0.15) is 57.9 Å². The predicted octanol–water partition coefficient (Wildman–Crippen LogP) is 4.60. The van der Waals surface area contributed by atoms with E-state index in [0.29, 0.717) is 5.92 Å². The van der Waals surface area contributed by atoms with Crippen LogP contribution >= 0.6 is 0 Å². The van der Waals surface area contributed by atoms with Gasteiger partial charge in [-0.15, -0.1) is 0 Å². The molecule has 21 heavy (non-hydrogen) atoms. The highest BCUT2D eigenvalue weighted by Crippen LogP contribution is 2.37. The number of hydrogen-bond acceptors (Lipinski definition) is 2. The second-order valence-electron chi connectivity index (χ2n) is 6.71. The van der Waals surface area contributed by atoms with Crippen molar-refractivity contribution in [1.82, 2.24) is 5.32 Å². The summed E-state index contributed by atoms with van der Waals surface area (Å²) in [6, 6.07) is 8.79. The Hall–Kier alpha value is -1.02. The summed E-state index contributed by atoms with van der Waals surface area (Å²) in [5.41, 5.74) is 1.47. The minimum atomic E-state index is 0.655. The van der Waals surface area contributed by atoms with E-state index in [1.807, 2.05) is 6.92 Å². The molecule has 2 rings (SSSR count).